The molecule has 2 aromatic carbocycles. The molecule has 0 saturated carbocycles. The standard InChI is InChI=1S/C21H17ClF3N3O6/c1-3-32-19(29)20(2,27-9-8-26-12-27)34-18-11-14(5-6-16(18)28(30)31)33-17-7-4-13(10-15(17)22)21(23,24)25/h4-12H,3H2,1-2H3. The lowest BCUT2D eigenvalue weighted by molar-refractivity contribution is -0.386. The molecule has 1 unspecified atom stereocenters. The van der Waals surface area contributed by atoms with Gasteiger partial charge in [-0.2, -0.15) is 13.2 Å². The molecule has 0 bridgehead atoms. The van der Waals surface area contributed by atoms with E-state index in [1.807, 2.05) is 0 Å². The van der Waals surface area contributed by atoms with Crippen molar-refractivity contribution in [3.05, 3.63) is 75.8 Å². The van der Waals surface area contributed by atoms with Crippen LogP contribution in [-0.2, 0) is 21.4 Å². The number of nitro groups is 1. The summed E-state index contributed by atoms with van der Waals surface area (Å²) in [6, 6.07) is 5.86. The number of carbonyl (C=O) groups is 1. The molecule has 0 radical (unpaired) electrons. The van der Waals surface area contributed by atoms with Gasteiger partial charge in [0.25, 0.3) is 5.72 Å². The van der Waals surface area contributed by atoms with E-state index < -0.39 is 34.0 Å². The predicted molar refractivity (Wildman–Crippen MR) is 113 cm³/mol. The lowest BCUT2D eigenvalue weighted by Gasteiger charge is -2.29. The van der Waals surface area contributed by atoms with E-state index in [1.54, 1.807) is 6.92 Å². The van der Waals surface area contributed by atoms with Crippen LogP contribution in [0.3, 0.4) is 0 Å². The zero-order valence-corrected chi connectivity index (χ0v) is 18.5. The minimum Gasteiger partial charge on any atom is -0.462 e. The topological polar surface area (TPSA) is 106 Å². The second-order valence-corrected chi connectivity index (χ2v) is 7.31. The molecule has 9 nitrogen and oxygen atoms in total. The molecule has 3 aromatic rings. The zero-order valence-electron chi connectivity index (χ0n) is 17.7. The molecule has 0 aliphatic carbocycles. The van der Waals surface area contributed by atoms with Crippen LogP contribution in [0.15, 0.2) is 55.1 Å². The lowest BCUT2D eigenvalue weighted by Crippen LogP contribution is -2.45. The van der Waals surface area contributed by atoms with E-state index in [4.69, 9.17) is 25.8 Å². The van der Waals surface area contributed by atoms with Crippen molar-refractivity contribution in [2.24, 2.45) is 0 Å². The first-order chi connectivity index (χ1) is 16.0. The van der Waals surface area contributed by atoms with Gasteiger partial charge in [-0.1, -0.05) is 11.6 Å². The van der Waals surface area contributed by atoms with Gasteiger partial charge in [-0.25, -0.2) is 9.78 Å². The van der Waals surface area contributed by atoms with Gasteiger partial charge in [-0.05, 0) is 31.2 Å². The van der Waals surface area contributed by atoms with Crippen LogP contribution in [0.25, 0.3) is 0 Å². The number of alkyl halides is 3. The monoisotopic (exact) mass is 499 g/mol. The molecule has 0 saturated heterocycles. The van der Waals surface area contributed by atoms with Crippen molar-refractivity contribution >= 4 is 23.3 Å². The summed E-state index contributed by atoms with van der Waals surface area (Å²) in [5.41, 5.74) is -3.34. The molecule has 0 aliphatic heterocycles. The van der Waals surface area contributed by atoms with Gasteiger partial charge in [-0.3, -0.25) is 14.7 Å². The van der Waals surface area contributed by atoms with Crippen molar-refractivity contribution in [2.45, 2.75) is 25.7 Å². The summed E-state index contributed by atoms with van der Waals surface area (Å²) in [5.74, 6) is -1.38. The Kier molecular flexibility index (Phi) is 7.01. The smallest absolute Gasteiger partial charge is 0.416 e. The second-order valence-electron chi connectivity index (χ2n) is 6.91. The van der Waals surface area contributed by atoms with Gasteiger partial charge in [-0.15, -0.1) is 0 Å². The van der Waals surface area contributed by atoms with Crippen molar-refractivity contribution < 1.29 is 37.1 Å². The van der Waals surface area contributed by atoms with Crippen LogP contribution < -0.4 is 9.47 Å². The van der Waals surface area contributed by atoms with E-state index in [-0.39, 0.29) is 28.9 Å². The van der Waals surface area contributed by atoms with Gasteiger partial charge in [0.1, 0.15) is 11.5 Å². The Hall–Kier alpha value is -3.80. The highest BCUT2D eigenvalue weighted by Crippen LogP contribution is 2.40. The number of esters is 1. The maximum atomic E-state index is 12.9. The summed E-state index contributed by atoms with van der Waals surface area (Å²) in [7, 11) is 0. The fraction of sp³-hybridized carbons (Fsp3) is 0.238. The molecule has 13 heteroatoms. The number of benzene rings is 2. The van der Waals surface area contributed by atoms with E-state index in [1.165, 1.54) is 36.3 Å². The van der Waals surface area contributed by atoms with Crippen molar-refractivity contribution in [2.75, 3.05) is 6.61 Å². The third-order valence-electron chi connectivity index (χ3n) is 4.57. The Balaban J connectivity index is 2.00. The number of aromatic nitrogens is 2. The van der Waals surface area contributed by atoms with E-state index in [9.17, 15) is 28.1 Å². The number of rotatable bonds is 8. The molecule has 0 amide bonds. The maximum absolute atomic E-state index is 12.9. The number of hydrogen-bond donors (Lipinski definition) is 0. The van der Waals surface area contributed by atoms with Crippen LogP contribution in [0.4, 0.5) is 18.9 Å². The second kappa shape index (κ2) is 9.59. The highest BCUT2D eigenvalue weighted by molar-refractivity contribution is 6.32. The maximum Gasteiger partial charge on any atom is 0.416 e. The number of imidazole rings is 1. The first-order valence-electron chi connectivity index (χ1n) is 9.63. The molecule has 0 N–H and O–H groups in total. The summed E-state index contributed by atoms with van der Waals surface area (Å²) in [6.45, 7) is 2.93. The van der Waals surface area contributed by atoms with Gasteiger partial charge in [0.15, 0.2) is 0 Å². The van der Waals surface area contributed by atoms with Gasteiger partial charge in [0.05, 0.1) is 28.4 Å². The summed E-state index contributed by atoms with van der Waals surface area (Å²) >= 11 is 5.92. The number of ether oxygens (including phenoxy) is 3. The van der Waals surface area contributed by atoms with Crippen LogP contribution in [0.5, 0.6) is 17.2 Å². The molecule has 1 heterocycles. The van der Waals surface area contributed by atoms with Gasteiger partial charge >= 0.3 is 17.8 Å². The van der Waals surface area contributed by atoms with Crippen molar-refractivity contribution in [1.82, 2.24) is 9.55 Å². The van der Waals surface area contributed by atoms with Crippen molar-refractivity contribution in [1.29, 1.82) is 0 Å². The quantitative estimate of drug-likeness (QED) is 0.226. The van der Waals surface area contributed by atoms with Crippen molar-refractivity contribution in [3.63, 3.8) is 0 Å². The molecule has 0 aliphatic rings. The first kappa shape index (κ1) is 24.8. The van der Waals surface area contributed by atoms with E-state index >= 15 is 0 Å². The molecule has 1 atom stereocenters. The van der Waals surface area contributed by atoms with E-state index in [0.717, 1.165) is 24.3 Å². The van der Waals surface area contributed by atoms with E-state index in [2.05, 4.69) is 4.98 Å². The highest BCUT2D eigenvalue weighted by atomic mass is 35.5. The SMILES string of the molecule is CCOC(=O)C(C)(Oc1cc(Oc2ccc(C(F)(F)F)cc2Cl)ccc1[N+](=O)[O-])n1ccnc1. The molecular weight excluding hydrogens is 483 g/mol. The first-order valence-corrected chi connectivity index (χ1v) is 10.0. The minimum absolute atomic E-state index is 0.0180. The number of nitrogens with zero attached hydrogens (tertiary/aromatic N) is 3. The Bertz CT molecular complexity index is 1200. The summed E-state index contributed by atoms with van der Waals surface area (Å²) in [6.07, 6.45) is -0.543. The van der Waals surface area contributed by atoms with Crippen molar-refractivity contribution in [3.8, 4) is 17.2 Å². The van der Waals surface area contributed by atoms with Crippen LogP contribution in [0.1, 0.15) is 19.4 Å². The normalized spacial score (nSPS) is 13.1. The molecule has 180 valence electrons. The highest BCUT2D eigenvalue weighted by Gasteiger charge is 2.41. The van der Waals surface area contributed by atoms with Gasteiger partial charge in [0, 0.05) is 31.5 Å². The Morgan fingerprint density at radius 1 is 1.21 bits per heavy atom. The van der Waals surface area contributed by atoms with Gasteiger partial charge < -0.3 is 14.2 Å². The molecule has 0 fully saturated rings. The molecule has 1 aromatic heterocycles. The fourth-order valence-corrected chi connectivity index (χ4v) is 3.09. The molecule has 0 spiro atoms. The van der Waals surface area contributed by atoms with Gasteiger partial charge in [0.2, 0.25) is 5.75 Å². The number of carbonyl (C=O) groups excluding carboxylic acids is 1. The summed E-state index contributed by atoms with van der Waals surface area (Å²) in [4.78, 5) is 27.4. The summed E-state index contributed by atoms with van der Waals surface area (Å²) < 4.78 is 56.2. The Morgan fingerprint density at radius 3 is 2.50 bits per heavy atom. The predicted octanol–water partition coefficient (Wildman–Crippen LogP) is 5.57. The number of hydrogen-bond acceptors (Lipinski definition) is 7. The number of halogens is 4. The van der Waals surface area contributed by atoms with Crippen LogP contribution in [0.2, 0.25) is 5.02 Å². The minimum atomic E-state index is -4.60. The third kappa shape index (κ3) is 5.22. The molecular formula is C21H17ClF3N3O6. The number of nitro benzene ring substituents is 1. The molecule has 34 heavy (non-hydrogen) atoms. The fourth-order valence-electron chi connectivity index (χ4n) is 2.87. The van der Waals surface area contributed by atoms with Crippen LogP contribution >= 0.6 is 11.6 Å². The summed E-state index contributed by atoms with van der Waals surface area (Å²) in [5, 5.41) is 11.2. The average Bonchev–Trinajstić information content (AvgIpc) is 3.30. The Labute approximate surface area is 195 Å². The lowest BCUT2D eigenvalue weighted by atomic mass is 10.2. The van der Waals surface area contributed by atoms with Crippen LogP contribution in [0, 0.1) is 10.1 Å². The third-order valence-corrected chi connectivity index (χ3v) is 4.87. The molecule has 3 rings (SSSR count). The van der Waals surface area contributed by atoms with Crippen LogP contribution in [-0.4, -0.2) is 27.1 Å². The zero-order chi connectivity index (χ0) is 25.1. The van der Waals surface area contributed by atoms with E-state index in [0.29, 0.717) is 6.07 Å². The average molecular weight is 500 g/mol. The Morgan fingerprint density at radius 2 is 1.94 bits per heavy atom. The largest absolute Gasteiger partial charge is 0.462 e.